The van der Waals surface area contributed by atoms with Crippen molar-refractivity contribution in [1.82, 2.24) is 0 Å². The summed E-state index contributed by atoms with van der Waals surface area (Å²) in [5, 5.41) is 0. The summed E-state index contributed by atoms with van der Waals surface area (Å²) in [5.74, 6) is 1.35. The van der Waals surface area contributed by atoms with E-state index in [9.17, 15) is 0 Å². The highest BCUT2D eigenvalue weighted by molar-refractivity contribution is 6.17. The van der Waals surface area contributed by atoms with E-state index in [0.717, 1.165) is 16.9 Å². The average Bonchev–Trinajstić information content (AvgIpc) is 2.38. The first-order chi connectivity index (χ1) is 8.29. The Bertz CT molecular complexity index is 480. The fourth-order valence-corrected chi connectivity index (χ4v) is 1.90. The van der Waals surface area contributed by atoms with Crippen LogP contribution in [-0.2, 0) is 12.5 Å². The molecule has 0 amide bonds. The lowest BCUT2D eigenvalue weighted by atomic mass is 10.1. The number of rotatable bonds is 4. The molecule has 0 aliphatic carbocycles. The Hall–Kier alpha value is -1.47. The molecule has 0 spiro atoms. The number of aryl methyl sites for hydroxylation is 1. The molecule has 1 nitrogen and oxygen atoms in total. The van der Waals surface area contributed by atoms with Gasteiger partial charge in [-0.25, -0.2) is 0 Å². The standard InChI is InChI=1S/C15H15ClO/c1-12-7-8-15(14(9-12)10-16)17-11-13-5-3-2-4-6-13/h2-9H,10-11H2,1H3. The maximum absolute atomic E-state index is 5.91. The number of halogens is 1. The van der Waals surface area contributed by atoms with Crippen LogP contribution in [0.25, 0.3) is 0 Å². The molecule has 0 aliphatic heterocycles. The first-order valence-corrected chi connectivity index (χ1v) is 6.15. The third-order valence-corrected chi connectivity index (χ3v) is 2.89. The molecule has 0 saturated carbocycles. The first kappa shape index (κ1) is 12.0. The van der Waals surface area contributed by atoms with Crippen LogP contribution in [0.2, 0.25) is 0 Å². The lowest BCUT2D eigenvalue weighted by molar-refractivity contribution is 0.304. The third kappa shape index (κ3) is 3.24. The predicted molar refractivity (Wildman–Crippen MR) is 71.5 cm³/mol. The van der Waals surface area contributed by atoms with Crippen LogP contribution in [0.15, 0.2) is 48.5 Å². The van der Waals surface area contributed by atoms with Crippen LogP contribution in [0.3, 0.4) is 0 Å². The zero-order chi connectivity index (χ0) is 12.1. The largest absolute Gasteiger partial charge is 0.489 e. The molecule has 0 aliphatic rings. The Labute approximate surface area is 107 Å². The summed E-state index contributed by atoms with van der Waals surface area (Å²) in [7, 11) is 0. The minimum Gasteiger partial charge on any atom is -0.489 e. The quantitative estimate of drug-likeness (QED) is 0.731. The van der Waals surface area contributed by atoms with Gasteiger partial charge < -0.3 is 4.74 Å². The summed E-state index contributed by atoms with van der Waals surface area (Å²) in [4.78, 5) is 0. The summed E-state index contributed by atoms with van der Waals surface area (Å²) in [5.41, 5.74) is 3.41. The summed E-state index contributed by atoms with van der Waals surface area (Å²) >= 11 is 5.91. The molecule has 0 unspecified atom stereocenters. The van der Waals surface area contributed by atoms with Gasteiger partial charge in [-0.2, -0.15) is 0 Å². The zero-order valence-corrected chi connectivity index (χ0v) is 10.6. The Morgan fingerprint density at radius 3 is 2.53 bits per heavy atom. The van der Waals surface area contributed by atoms with E-state index in [0.29, 0.717) is 12.5 Å². The molecule has 88 valence electrons. The maximum atomic E-state index is 5.91. The fraction of sp³-hybridized carbons (Fsp3) is 0.200. The highest BCUT2D eigenvalue weighted by atomic mass is 35.5. The van der Waals surface area contributed by atoms with Crippen molar-refractivity contribution in [3.8, 4) is 5.75 Å². The van der Waals surface area contributed by atoms with Gasteiger partial charge in [-0.15, -0.1) is 11.6 Å². The van der Waals surface area contributed by atoms with Crippen molar-refractivity contribution >= 4 is 11.6 Å². The van der Waals surface area contributed by atoms with Crippen LogP contribution < -0.4 is 4.74 Å². The third-order valence-electron chi connectivity index (χ3n) is 2.60. The summed E-state index contributed by atoms with van der Waals surface area (Å²) < 4.78 is 5.78. The van der Waals surface area contributed by atoms with Crippen molar-refractivity contribution in [2.75, 3.05) is 0 Å². The van der Waals surface area contributed by atoms with Crippen LogP contribution in [-0.4, -0.2) is 0 Å². The van der Waals surface area contributed by atoms with E-state index in [4.69, 9.17) is 16.3 Å². The molecular weight excluding hydrogens is 232 g/mol. The Balaban J connectivity index is 2.09. The molecule has 0 atom stereocenters. The second kappa shape index (κ2) is 5.74. The molecule has 2 aromatic rings. The topological polar surface area (TPSA) is 9.23 Å². The molecular formula is C15H15ClO. The van der Waals surface area contributed by atoms with Crippen molar-refractivity contribution in [3.63, 3.8) is 0 Å². The van der Waals surface area contributed by atoms with E-state index in [1.807, 2.05) is 30.3 Å². The second-order valence-electron chi connectivity index (χ2n) is 4.02. The van der Waals surface area contributed by atoms with Gasteiger partial charge in [-0.05, 0) is 18.6 Å². The number of ether oxygens (including phenoxy) is 1. The number of hydrogen-bond donors (Lipinski definition) is 0. The summed E-state index contributed by atoms with van der Waals surface area (Å²) in [6.07, 6.45) is 0. The van der Waals surface area contributed by atoms with Gasteiger partial charge in [0.15, 0.2) is 0 Å². The Kier molecular flexibility index (Phi) is 4.05. The van der Waals surface area contributed by atoms with Crippen molar-refractivity contribution < 1.29 is 4.74 Å². The highest BCUT2D eigenvalue weighted by Crippen LogP contribution is 2.22. The minimum absolute atomic E-state index is 0.478. The van der Waals surface area contributed by atoms with Gasteiger partial charge in [0.1, 0.15) is 12.4 Å². The van der Waals surface area contributed by atoms with Gasteiger partial charge in [0.2, 0.25) is 0 Å². The van der Waals surface area contributed by atoms with Gasteiger partial charge in [-0.1, -0.05) is 48.0 Å². The van der Waals surface area contributed by atoms with E-state index in [-0.39, 0.29) is 0 Å². The molecule has 0 fully saturated rings. The first-order valence-electron chi connectivity index (χ1n) is 5.62. The van der Waals surface area contributed by atoms with Crippen molar-refractivity contribution in [1.29, 1.82) is 0 Å². The highest BCUT2D eigenvalue weighted by Gasteiger charge is 2.03. The molecule has 0 N–H and O–H groups in total. The van der Waals surface area contributed by atoms with E-state index in [1.54, 1.807) is 0 Å². The minimum atomic E-state index is 0.478. The SMILES string of the molecule is Cc1ccc(OCc2ccccc2)c(CCl)c1. The second-order valence-corrected chi connectivity index (χ2v) is 4.29. The van der Waals surface area contributed by atoms with Crippen LogP contribution in [0.4, 0.5) is 0 Å². The normalized spacial score (nSPS) is 10.2. The van der Waals surface area contributed by atoms with Crippen LogP contribution in [0.1, 0.15) is 16.7 Å². The monoisotopic (exact) mass is 246 g/mol. The van der Waals surface area contributed by atoms with E-state index >= 15 is 0 Å². The van der Waals surface area contributed by atoms with Crippen molar-refractivity contribution in [3.05, 3.63) is 65.2 Å². The van der Waals surface area contributed by atoms with Gasteiger partial charge in [0.25, 0.3) is 0 Å². The van der Waals surface area contributed by atoms with Gasteiger partial charge in [0, 0.05) is 5.56 Å². The molecule has 17 heavy (non-hydrogen) atoms. The number of benzene rings is 2. The number of hydrogen-bond acceptors (Lipinski definition) is 1. The average molecular weight is 247 g/mol. The van der Waals surface area contributed by atoms with Crippen LogP contribution in [0.5, 0.6) is 5.75 Å². The molecule has 0 heterocycles. The predicted octanol–water partition coefficient (Wildman–Crippen LogP) is 4.31. The lowest BCUT2D eigenvalue weighted by Crippen LogP contribution is -1.97. The lowest BCUT2D eigenvalue weighted by Gasteiger charge is -2.10. The van der Waals surface area contributed by atoms with Gasteiger partial charge in [-0.3, -0.25) is 0 Å². The zero-order valence-electron chi connectivity index (χ0n) is 9.82. The molecule has 0 saturated heterocycles. The van der Waals surface area contributed by atoms with Crippen molar-refractivity contribution in [2.24, 2.45) is 0 Å². The van der Waals surface area contributed by atoms with Crippen LogP contribution in [0, 0.1) is 6.92 Å². The number of alkyl halides is 1. The Morgan fingerprint density at radius 1 is 1.06 bits per heavy atom. The van der Waals surface area contributed by atoms with E-state index < -0.39 is 0 Å². The molecule has 0 radical (unpaired) electrons. The summed E-state index contributed by atoms with van der Waals surface area (Å²) in [6.45, 7) is 2.63. The van der Waals surface area contributed by atoms with Gasteiger partial charge in [0.05, 0.1) is 5.88 Å². The molecule has 2 rings (SSSR count). The van der Waals surface area contributed by atoms with E-state index in [2.05, 4.69) is 25.1 Å². The maximum Gasteiger partial charge on any atom is 0.124 e. The van der Waals surface area contributed by atoms with Crippen molar-refractivity contribution in [2.45, 2.75) is 19.4 Å². The van der Waals surface area contributed by atoms with Gasteiger partial charge >= 0.3 is 0 Å². The fourth-order valence-electron chi connectivity index (χ4n) is 1.69. The molecule has 0 aromatic heterocycles. The summed E-state index contributed by atoms with van der Waals surface area (Å²) in [6, 6.07) is 16.2. The molecule has 2 heteroatoms. The Morgan fingerprint density at radius 2 is 1.82 bits per heavy atom. The molecule has 2 aromatic carbocycles. The smallest absolute Gasteiger partial charge is 0.124 e. The van der Waals surface area contributed by atoms with E-state index in [1.165, 1.54) is 5.56 Å². The van der Waals surface area contributed by atoms with Crippen LogP contribution >= 0.6 is 11.6 Å². The molecule has 0 bridgehead atoms.